The summed E-state index contributed by atoms with van der Waals surface area (Å²) in [6, 6.07) is 11.7. The van der Waals surface area contributed by atoms with E-state index in [1.807, 2.05) is 12.4 Å². The minimum atomic E-state index is 0.618. The summed E-state index contributed by atoms with van der Waals surface area (Å²) in [7, 11) is 2.08. The first-order valence-corrected chi connectivity index (χ1v) is 8.07. The van der Waals surface area contributed by atoms with Crippen molar-refractivity contribution in [3.05, 3.63) is 54.1 Å². The molecular formula is C18H25N3. The molecule has 1 heterocycles. The van der Waals surface area contributed by atoms with Crippen molar-refractivity contribution in [2.75, 3.05) is 6.54 Å². The summed E-state index contributed by atoms with van der Waals surface area (Å²) in [6.07, 6.45) is 10.1. The summed E-state index contributed by atoms with van der Waals surface area (Å²) in [4.78, 5) is 4.42. The zero-order chi connectivity index (χ0) is 14.5. The van der Waals surface area contributed by atoms with Crippen LogP contribution in [0.5, 0.6) is 0 Å². The first kappa shape index (κ1) is 14.3. The van der Waals surface area contributed by atoms with Gasteiger partial charge in [0, 0.05) is 38.4 Å². The van der Waals surface area contributed by atoms with Gasteiger partial charge in [0.25, 0.3) is 0 Å². The van der Waals surface area contributed by atoms with Crippen LogP contribution >= 0.6 is 0 Å². The molecule has 0 aliphatic heterocycles. The Balaban J connectivity index is 1.55. The van der Waals surface area contributed by atoms with Gasteiger partial charge in [-0.1, -0.05) is 30.3 Å². The monoisotopic (exact) mass is 283 g/mol. The molecule has 1 unspecified atom stereocenters. The lowest BCUT2D eigenvalue weighted by Gasteiger charge is -2.18. The molecule has 112 valence electrons. The van der Waals surface area contributed by atoms with E-state index in [9.17, 15) is 0 Å². The van der Waals surface area contributed by atoms with Gasteiger partial charge in [-0.3, -0.25) is 0 Å². The Labute approximate surface area is 127 Å². The number of nitrogens with zero attached hydrogens (tertiary/aromatic N) is 2. The van der Waals surface area contributed by atoms with Crippen molar-refractivity contribution in [3.63, 3.8) is 0 Å². The highest BCUT2D eigenvalue weighted by molar-refractivity contribution is 5.20. The number of nitrogens with one attached hydrogen (secondary N) is 1. The molecule has 3 nitrogen and oxygen atoms in total. The molecule has 1 atom stereocenters. The van der Waals surface area contributed by atoms with E-state index in [0.717, 1.165) is 19.0 Å². The lowest BCUT2D eigenvalue weighted by Crippen LogP contribution is -2.23. The molecule has 1 aromatic carbocycles. The van der Waals surface area contributed by atoms with Crippen molar-refractivity contribution in [1.29, 1.82) is 0 Å². The van der Waals surface area contributed by atoms with E-state index < -0.39 is 0 Å². The molecule has 0 amide bonds. The molecule has 1 fully saturated rings. The molecule has 0 radical (unpaired) electrons. The van der Waals surface area contributed by atoms with Crippen LogP contribution < -0.4 is 5.32 Å². The highest BCUT2D eigenvalue weighted by Crippen LogP contribution is 2.24. The Morgan fingerprint density at radius 2 is 2.10 bits per heavy atom. The van der Waals surface area contributed by atoms with Gasteiger partial charge in [0.2, 0.25) is 0 Å². The number of rotatable bonds is 8. The number of hydrogen-bond donors (Lipinski definition) is 1. The second-order valence-electron chi connectivity index (χ2n) is 6.14. The molecular weight excluding hydrogens is 258 g/mol. The molecule has 1 saturated carbocycles. The Bertz CT molecular complexity index is 543. The number of imidazole rings is 1. The highest BCUT2D eigenvalue weighted by atomic mass is 15.0. The molecule has 1 aliphatic carbocycles. The standard InChI is InChI=1S/C18H25N3/c1-21-13-12-19-18(21)9-5-8-16(14-20-17-10-11-17)15-6-3-2-4-7-15/h2-4,6-7,12-13,16-17,20H,5,8-11,14H2,1H3. The third-order valence-corrected chi connectivity index (χ3v) is 4.38. The number of hydrogen-bond acceptors (Lipinski definition) is 2. The van der Waals surface area contributed by atoms with Crippen LogP contribution in [0.3, 0.4) is 0 Å². The maximum atomic E-state index is 4.42. The average molecular weight is 283 g/mol. The smallest absolute Gasteiger partial charge is 0.108 e. The lowest BCUT2D eigenvalue weighted by molar-refractivity contribution is 0.525. The minimum Gasteiger partial charge on any atom is -0.338 e. The van der Waals surface area contributed by atoms with Gasteiger partial charge in [-0.15, -0.1) is 0 Å². The van der Waals surface area contributed by atoms with Crippen molar-refractivity contribution in [2.24, 2.45) is 7.05 Å². The Hall–Kier alpha value is -1.61. The molecule has 1 N–H and O–H groups in total. The van der Waals surface area contributed by atoms with Gasteiger partial charge in [-0.05, 0) is 37.2 Å². The topological polar surface area (TPSA) is 29.9 Å². The first-order valence-electron chi connectivity index (χ1n) is 8.07. The van der Waals surface area contributed by atoms with Crippen molar-refractivity contribution in [2.45, 2.75) is 44.1 Å². The van der Waals surface area contributed by atoms with E-state index in [1.165, 1.54) is 37.1 Å². The van der Waals surface area contributed by atoms with E-state index in [1.54, 1.807) is 0 Å². The van der Waals surface area contributed by atoms with E-state index >= 15 is 0 Å². The summed E-state index contributed by atoms with van der Waals surface area (Å²) < 4.78 is 2.12. The van der Waals surface area contributed by atoms with Gasteiger partial charge in [0.05, 0.1) is 0 Å². The third kappa shape index (κ3) is 4.18. The van der Waals surface area contributed by atoms with Crippen LogP contribution in [-0.4, -0.2) is 22.1 Å². The van der Waals surface area contributed by atoms with Crippen molar-refractivity contribution >= 4 is 0 Å². The predicted molar refractivity (Wildman–Crippen MR) is 86.4 cm³/mol. The minimum absolute atomic E-state index is 0.618. The fraction of sp³-hybridized carbons (Fsp3) is 0.500. The maximum Gasteiger partial charge on any atom is 0.108 e. The summed E-state index contributed by atoms with van der Waals surface area (Å²) >= 11 is 0. The molecule has 2 aromatic rings. The molecule has 1 aliphatic rings. The van der Waals surface area contributed by atoms with Crippen LogP contribution in [0.15, 0.2) is 42.7 Å². The van der Waals surface area contributed by atoms with Crippen LogP contribution in [0, 0.1) is 0 Å². The molecule has 0 spiro atoms. The van der Waals surface area contributed by atoms with Gasteiger partial charge < -0.3 is 9.88 Å². The van der Waals surface area contributed by atoms with Crippen LogP contribution in [0.4, 0.5) is 0 Å². The van der Waals surface area contributed by atoms with Crippen molar-refractivity contribution in [1.82, 2.24) is 14.9 Å². The highest BCUT2D eigenvalue weighted by Gasteiger charge is 2.22. The predicted octanol–water partition coefficient (Wildman–Crippen LogP) is 3.28. The number of aryl methyl sites for hydroxylation is 2. The van der Waals surface area contributed by atoms with Gasteiger partial charge in [0.1, 0.15) is 5.82 Å². The zero-order valence-electron chi connectivity index (χ0n) is 12.8. The van der Waals surface area contributed by atoms with E-state index in [4.69, 9.17) is 0 Å². The van der Waals surface area contributed by atoms with Gasteiger partial charge in [-0.2, -0.15) is 0 Å². The maximum absolute atomic E-state index is 4.42. The Morgan fingerprint density at radius 3 is 2.76 bits per heavy atom. The number of aromatic nitrogens is 2. The molecule has 21 heavy (non-hydrogen) atoms. The van der Waals surface area contributed by atoms with Crippen LogP contribution in [0.25, 0.3) is 0 Å². The molecule has 0 bridgehead atoms. The number of benzene rings is 1. The van der Waals surface area contributed by atoms with Crippen LogP contribution in [0.1, 0.15) is 43.0 Å². The zero-order valence-corrected chi connectivity index (χ0v) is 12.8. The van der Waals surface area contributed by atoms with Crippen molar-refractivity contribution in [3.8, 4) is 0 Å². The third-order valence-electron chi connectivity index (χ3n) is 4.38. The van der Waals surface area contributed by atoms with Gasteiger partial charge in [-0.25, -0.2) is 4.98 Å². The molecule has 1 aromatic heterocycles. The molecule has 3 heteroatoms. The Morgan fingerprint density at radius 1 is 1.29 bits per heavy atom. The second-order valence-corrected chi connectivity index (χ2v) is 6.14. The van der Waals surface area contributed by atoms with Gasteiger partial charge in [0.15, 0.2) is 0 Å². The lowest BCUT2D eigenvalue weighted by atomic mass is 9.93. The fourth-order valence-electron chi connectivity index (χ4n) is 2.85. The SMILES string of the molecule is Cn1ccnc1CCCC(CNC1CC1)c1ccccc1. The first-order chi connectivity index (χ1) is 10.3. The normalized spacial score (nSPS) is 16.0. The van der Waals surface area contributed by atoms with E-state index in [2.05, 4.69) is 52.2 Å². The van der Waals surface area contributed by atoms with E-state index in [-0.39, 0.29) is 0 Å². The fourth-order valence-corrected chi connectivity index (χ4v) is 2.85. The second kappa shape index (κ2) is 6.90. The Kier molecular flexibility index (Phi) is 4.71. The summed E-state index contributed by atoms with van der Waals surface area (Å²) in [5.41, 5.74) is 1.46. The average Bonchev–Trinajstić information content (AvgIpc) is 3.26. The molecule has 3 rings (SSSR count). The largest absolute Gasteiger partial charge is 0.338 e. The van der Waals surface area contributed by atoms with Crippen molar-refractivity contribution < 1.29 is 0 Å². The van der Waals surface area contributed by atoms with Crippen LogP contribution in [0.2, 0.25) is 0 Å². The summed E-state index contributed by atoms with van der Waals surface area (Å²) in [5.74, 6) is 1.81. The van der Waals surface area contributed by atoms with E-state index in [0.29, 0.717) is 5.92 Å². The molecule has 0 saturated heterocycles. The quantitative estimate of drug-likeness (QED) is 0.806. The van der Waals surface area contributed by atoms with Gasteiger partial charge >= 0.3 is 0 Å². The van der Waals surface area contributed by atoms with Crippen LogP contribution in [-0.2, 0) is 13.5 Å². The summed E-state index contributed by atoms with van der Waals surface area (Å²) in [6.45, 7) is 1.11. The summed E-state index contributed by atoms with van der Waals surface area (Å²) in [5, 5.41) is 3.69.